The molecule has 2 fully saturated rings. The molecule has 1 saturated carbocycles. The highest BCUT2D eigenvalue weighted by Gasteiger charge is 2.26. The van der Waals surface area contributed by atoms with E-state index in [0.717, 1.165) is 0 Å². The SMILES string of the molecule is CCOC(=O)c1cnn(C)c1NC(=O)CN1CCN(C(=O)CC2CCCCC2)CC1. The highest BCUT2D eigenvalue weighted by molar-refractivity contribution is 6.00. The normalized spacial score (nSPS) is 18.3. The van der Waals surface area contributed by atoms with Crippen molar-refractivity contribution in [3.8, 4) is 0 Å². The molecule has 0 bridgehead atoms. The summed E-state index contributed by atoms with van der Waals surface area (Å²) < 4.78 is 6.46. The Hall–Kier alpha value is -2.42. The van der Waals surface area contributed by atoms with E-state index in [2.05, 4.69) is 10.4 Å². The van der Waals surface area contributed by atoms with Gasteiger partial charge in [0, 0.05) is 39.6 Å². The number of aryl methyl sites for hydroxylation is 1. The number of ether oxygens (including phenoxy) is 1. The molecule has 1 aromatic heterocycles. The van der Waals surface area contributed by atoms with Crippen molar-refractivity contribution in [3.63, 3.8) is 0 Å². The van der Waals surface area contributed by atoms with Crippen molar-refractivity contribution in [1.29, 1.82) is 0 Å². The lowest BCUT2D eigenvalue weighted by Gasteiger charge is -2.35. The van der Waals surface area contributed by atoms with Crippen LogP contribution in [-0.2, 0) is 21.4 Å². The van der Waals surface area contributed by atoms with Crippen LogP contribution in [-0.4, -0.2) is 76.7 Å². The van der Waals surface area contributed by atoms with Crippen LogP contribution in [0.2, 0.25) is 0 Å². The van der Waals surface area contributed by atoms with Gasteiger partial charge in [0.25, 0.3) is 0 Å². The Morgan fingerprint density at radius 3 is 2.50 bits per heavy atom. The van der Waals surface area contributed by atoms with Crippen LogP contribution >= 0.6 is 0 Å². The van der Waals surface area contributed by atoms with Gasteiger partial charge in [-0.05, 0) is 25.7 Å². The zero-order valence-electron chi connectivity index (χ0n) is 18.1. The quantitative estimate of drug-likeness (QED) is 0.675. The third-order valence-electron chi connectivity index (χ3n) is 5.97. The molecular weight excluding hydrogens is 386 g/mol. The van der Waals surface area contributed by atoms with Crippen molar-refractivity contribution in [3.05, 3.63) is 11.8 Å². The van der Waals surface area contributed by atoms with E-state index >= 15 is 0 Å². The Morgan fingerprint density at radius 1 is 1.13 bits per heavy atom. The summed E-state index contributed by atoms with van der Waals surface area (Å²) in [5.74, 6) is 0.402. The fraction of sp³-hybridized carbons (Fsp3) is 0.714. The molecule has 0 atom stereocenters. The van der Waals surface area contributed by atoms with Crippen LogP contribution in [0.25, 0.3) is 0 Å². The Bertz CT molecular complexity index is 749. The highest BCUT2D eigenvalue weighted by Crippen LogP contribution is 2.27. The first-order valence-electron chi connectivity index (χ1n) is 11.0. The summed E-state index contributed by atoms with van der Waals surface area (Å²) in [6.07, 6.45) is 8.19. The minimum Gasteiger partial charge on any atom is -0.462 e. The molecule has 0 spiro atoms. The van der Waals surface area contributed by atoms with Crippen LogP contribution in [0.3, 0.4) is 0 Å². The van der Waals surface area contributed by atoms with Crippen molar-refractivity contribution >= 4 is 23.6 Å². The lowest BCUT2D eigenvalue weighted by molar-refractivity contribution is -0.134. The molecule has 0 radical (unpaired) electrons. The van der Waals surface area contributed by atoms with Crippen molar-refractivity contribution in [1.82, 2.24) is 19.6 Å². The standard InChI is InChI=1S/C21H33N5O4/c1-3-30-21(29)17-14-22-24(2)20(17)23-18(27)15-25-9-11-26(12-10-25)19(28)13-16-7-5-4-6-8-16/h14,16H,3-13,15H2,1-2H3,(H,23,27). The van der Waals surface area contributed by atoms with Gasteiger partial charge in [-0.15, -0.1) is 0 Å². The number of esters is 1. The number of hydrogen-bond donors (Lipinski definition) is 1. The van der Waals surface area contributed by atoms with Gasteiger partial charge in [-0.25, -0.2) is 4.79 Å². The maximum Gasteiger partial charge on any atom is 0.343 e. The topological polar surface area (TPSA) is 96.8 Å². The Balaban J connectivity index is 1.45. The van der Waals surface area contributed by atoms with Gasteiger partial charge in [0.15, 0.2) is 0 Å². The summed E-state index contributed by atoms with van der Waals surface area (Å²) in [7, 11) is 1.66. The Morgan fingerprint density at radius 2 is 1.83 bits per heavy atom. The lowest BCUT2D eigenvalue weighted by Crippen LogP contribution is -2.50. The zero-order chi connectivity index (χ0) is 21.5. The van der Waals surface area contributed by atoms with Crippen molar-refractivity contribution in [2.45, 2.75) is 45.4 Å². The van der Waals surface area contributed by atoms with Crippen molar-refractivity contribution < 1.29 is 19.1 Å². The van der Waals surface area contributed by atoms with Crippen LogP contribution < -0.4 is 5.32 Å². The van der Waals surface area contributed by atoms with E-state index in [0.29, 0.717) is 44.3 Å². The minimum absolute atomic E-state index is 0.206. The molecular formula is C21H33N5O4. The van der Waals surface area contributed by atoms with Gasteiger partial charge in [0.1, 0.15) is 11.4 Å². The molecule has 9 nitrogen and oxygen atoms in total. The van der Waals surface area contributed by atoms with Crippen LogP contribution in [0.1, 0.15) is 55.8 Å². The van der Waals surface area contributed by atoms with E-state index in [4.69, 9.17) is 4.74 Å². The summed E-state index contributed by atoms with van der Waals surface area (Å²) in [5, 5.41) is 6.81. The van der Waals surface area contributed by atoms with E-state index < -0.39 is 5.97 Å². The molecule has 9 heteroatoms. The first kappa shape index (κ1) is 22.3. The molecule has 3 rings (SSSR count). The van der Waals surface area contributed by atoms with E-state index in [1.165, 1.54) is 43.0 Å². The van der Waals surface area contributed by atoms with E-state index in [9.17, 15) is 14.4 Å². The second-order valence-corrected chi connectivity index (χ2v) is 8.16. The van der Waals surface area contributed by atoms with E-state index in [1.807, 2.05) is 9.80 Å². The summed E-state index contributed by atoms with van der Waals surface area (Å²) >= 11 is 0. The number of carbonyl (C=O) groups is 3. The second kappa shape index (κ2) is 10.6. The molecule has 30 heavy (non-hydrogen) atoms. The number of piperazine rings is 1. The molecule has 1 aliphatic carbocycles. The molecule has 1 saturated heterocycles. The van der Waals surface area contributed by atoms with Crippen LogP contribution in [0.15, 0.2) is 6.20 Å². The average Bonchev–Trinajstić information content (AvgIpc) is 3.09. The summed E-state index contributed by atoms with van der Waals surface area (Å²) in [6, 6.07) is 0. The molecule has 1 N–H and O–H groups in total. The maximum absolute atomic E-state index is 12.6. The fourth-order valence-electron chi connectivity index (χ4n) is 4.24. The number of amides is 2. The van der Waals surface area contributed by atoms with Gasteiger partial charge in [-0.2, -0.15) is 5.10 Å². The predicted molar refractivity (Wildman–Crippen MR) is 112 cm³/mol. The van der Waals surface area contributed by atoms with Crippen LogP contribution in [0, 0.1) is 5.92 Å². The average molecular weight is 420 g/mol. The number of carbonyl (C=O) groups excluding carboxylic acids is 3. The van der Waals surface area contributed by atoms with Crippen molar-refractivity contribution in [2.75, 3.05) is 44.6 Å². The predicted octanol–water partition coefficient (Wildman–Crippen LogP) is 1.65. The minimum atomic E-state index is -0.508. The van der Waals surface area contributed by atoms with Gasteiger partial charge in [0.05, 0.1) is 19.3 Å². The third kappa shape index (κ3) is 5.81. The number of nitrogens with zero attached hydrogens (tertiary/aromatic N) is 4. The molecule has 2 aliphatic rings. The Labute approximate surface area is 177 Å². The molecule has 166 valence electrons. The van der Waals surface area contributed by atoms with E-state index in [1.54, 1.807) is 14.0 Å². The monoisotopic (exact) mass is 419 g/mol. The van der Waals surface area contributed by atoms with Gasteiger partial charge < -0.3 is 15.0 Å². The maximum atomic E-state index is 12.6. The van der Waals surface area contributed by atoms with Gasteiger partial charge in [-0.3, -0.25) is 19.2 Å². The number of rotatable bonds is 7. The lowest BCUT2D eigenvalue weighted by atomic mass is 9.86. The zero-order valence-corrected chi connectivity index (χ0v) is 18.1. The highest BCUT2D eigenvalue weighted by atomic mass is 16.5. The van der Waals surface area contributed by atoms with Gasteiger partial charge in [-0.1, -0.05) is 19.3 Å². The molecule has 0 unspecified atom stereocenters. The summed E-state index contributed by atoms with van der Waals surface area (Å²) in [5.41, 5.74) is 0.242. The first-order chi connectivity index (χ1) is 14.5. The summed E-state index contributed by atoms with van der Waals surface area (Å²) in [6.45, 7) is 4.83. The number of aromatic nitrogens is 2. The van der Waals surface area contributed by atoms with Gasteiger partial charge >= 0.3 is 5.97 Å². The largest absolute Gasteiger partial charge is 0.462 e. The Kier molecular flexibility index (Phi) is 7.84. The molecule has 1 aliphatic heterocycles. The smallest absolute Gasteiger partial charge is 0.343 e. The van der Waals surface area contributed by atoms with Gasteiger partial charge in [0.2, 0.25) is 11.8 Å². The third-order valence-corrected chi connectivity index (χ3v) is 5.97. The molecule has 2 amide bonds. The second-order valence-electron chi connectivity index (χ2n) is 8.16. The van der Waals surface area contributed by atoms with Crippen LogP contribution in [0.5, 0.6) is 0 Å². The number of hydrogen-bond acceptors (Lipinski definition) is 6. The molecule has 2 heterocycles. The van der Waals surface area contributed by atoms with E-state index in [-0.39, 0.29) is 30.5 Å². The molecule has 0 aromatic carbocycles. The fourth-order valence-corrected chi connectivity index (χ4v) is 4.24. The summed E-state index contributed by atoms with van der Waals surface area (Å²) in [4.78, 5) is 41.1. The van der Waals surface area contributed by atoms with Crippen LogP contribution in [0.4, 0.5) is 5.82 Å². The molecule has 1 aromatic rings. The number of anilines is 1. The first-order valence-corrected chi connectivity index (χ1v) is 11.0. The van der Waals surface area contributed by atoms with Crippen molar-refractivity contribution in [2.24, 2.45) is 13.0 Å². The number of nitrogens with one attached hydrogen (secondary N) is 1.